The molecular weight excluding hydrogens is 540 g/mol. The minimum absolute atomic E-state index is 0. The fourth-order valence-electron chi connectivity index (χ4n) is 5.38. The Morgan fingerprint density at radius 1 is 0.892 bits per heavy atom. The second-order valence-electron chi connectivity index (χ2n) is 9.91. The molecule has 1 aromatic rings. The van der Waals surface area contributed by atoms with Crippen molar-refractivity contribution >= 4 is 40.9 Å². The standard InChI is InChI=1S/C25H31F6N3OS.ClH/c26-24(27,28)16-11-17(25(29,30)31)13-19(12-16)32-22(35)14-21-15-36-23(33-18-7-3-1-4-8-18)34(21)20-9-5-2-6-10-20;/h11-13,18,20-21H,1-10,14-15H2,(H,32,35);1H. The van der Waals surface area contributed by atoms with Crippen molar-refractivity contribution in [3.63, 3.8) is 0 Å². The van der Waals surface area contributed by atoms with Crippen LogP contribution in [-0.2, 0) is 17.1 Å². The van der Waals surface area contributed by atoms with Gasteiger partial charge in [0.25, 0.3) is 0 Å². The van der Waals surface area contributed by atoms with Crippen LogP contribution in [0, 0.1) is 0 Å². The lowest BCUT2D eigenvalue weighted by Gasteiger charge is -2.37. The van der Waals surface area contributed by atoms with Crippen LogP contribution in [0.5, 0.6) is 0 Å². The Bertz CT molecular complexity index is 926. The number of aliphatic imine (C=N–C) groups is 1. The zero-order valence-corrected chi connectivity index (χ0v) is 22.0. The van der Waals surface area contributed by atoms with E-state index in [1.54, 1.807) is 11.8 Å². The summed E-state index contributed by atoms with van der Waals surface area (Å²) < 4.78 is 79.1. The van der Waals surface area contributed by atoms with E-state index in [0.29, 0.717) is 17.9 Å². The number of amidine groups is 1. The highest BCUT2D eigenvalue weighted by molar-refractivity contribution is 8.14. The van der Waals surface area contributed by atoms with Gasteiger partial charge in [0.1, 0.15) is 0 Å². The van der Waals surface area contributed by atoms with Gasteiger partial charge in [-0.2, -0.15) is 26.3 Å². The van der Waals surface area contributed by atoms with Crippen LogP contribution in [0.2, 0.25) is 0 Å². The highest BCUT2D eigenvalue weighted by atomic mass is 35.5. The van der Waals surface area contributed by atoms with Crippen molar-refractivity contribution in [3.8, 4) is 0 Å². The average Bonchev–Trinajstić information content (AvgIpc) is 3.20. The molecule has 0 aromatic heterocycles. The van der Waals surface area contributed by atoms with E-state index >= 15 is 0 Å². The quantitative estimate of drug-likeness (QED) is 0.365. The molecule has 0 spiro atoms. The van der Waals surface area contributed by atoms with Gasteiger partial charge in [0.05, 0.1) is 17.2 Å². The summed E-state index contributed by atoms with van der Waals surface area (Å²) in [5.41, 5.74) is -3.40. The molecule has 4 nitrogen and oxygen atoms in total. The number of benzene rings is 1. The molecule has 1 amide bonds. The van der Waals surface area contributed by atoms with Gasteiger partial charge in [0, 0.05) is 29.9 Å². The van der Waals surface area contributed by atoms with Crippen LogP contribution in [0.25, 0.3) is 0 Å². The summed E-state index contributed by atoms with van der Waals surface area (Å²) in [4.78, 5) is 20.1. The van der Waals surface area contributed by atoms with Gasteiger partial charge in [-0.05, 0) is 43.9 Å². The monoisotopic (exact) mass is 571 g/mol. The molecule has 4 rings (SSSR count). The molecule has 1 aromatic carbocycles. The van der Waals surface area contributed by atoms with Crippen LogP contribution in [0.1, 0.15) is 81.8 Å². The van der Waals surface area contributed by atoms with E-state index in [4.69, 9.17) is 4.99 Å². The van der Waals surface area contributed by atoms with Gasteiger partial charge in [-0.15, -0.1) is 12.4 Å². The molecule has 3 fully saturated rings. The zero-order valence-electron chi connectivity index (χ0n) is 20.3. The van der Waals surface area contributed by atoms with E-state index < -0.39 is 35.1 Å². The molecule has 0 bridgehead atoms. The maximum Gasteiger partial charge on any atom is 0.416 e. The zero-order chi connectivity index (χ0) is 25.9. The molecule has 208 valence electrons. The molecule has 1 atom stereocenters. The molecule has 2 aliphatic carbocycles. The number of anilines is 1. The summed E-state index contributed by atoms with van der Waals surface area (Å²) in [6, 6.07) is 1.47. The fourth-order valence-corrected chi connectivity index (χ4v) is 6.67. The Labute approximate surface area is 223 Å². The van der Waals surface area contributed by atoms with Gasteiger partial charge >= 0.3 is 12.4 Å². The first kappa shape index (κ1) is 29.9. The smallest absolute Gasteiger partial charge is 0.344 e. The molecule has 1 heterocycles. The van der Waals surface area contributed by atoms with E-state index in [9.17, 15) is 31.1 Å². The predicted octanol–water partition coefficient (Wildman–Crippen LogP) is 7.91. The summed E-state index contributed by atoms with van der Waals surface area (Å²) >= 11 is 1.60. The van der Waals surface area contributed by atoms with Crippen LogP contribution >= 0.6 is 24.2 Å². The molecule has 1 aliphatic heterocycles. The van der Waals surface area contributed by atoms with E-state index in [-0.39, 0.29) is 43.0 Å². The number of carbonyl (C=O) groups is 1. The molecule has 1 N–H and O–H groups in total. The van der Waals surface area contributed by atoms with Crippen LogP contribution in [-0.4, -0.2) is 39.9 Å². The molecule has 1 unspecified atom stereocenters. The van der Waals surface area contributed by atoms with Gasteiger partial charge in [-0.25, -0.2) is 0 Å². The summed E-state index contributed by atoms with van der Waals surface area (Å²) in [7, 11) is 0. The largest absolute Gasteiger partial charge is 0.416 e. The second-order valence-corrected chi connectivity index (χ2v) is 10.9. The molecule has 37 heavy (non-hydrogen) atoms. The number of alkyl halides is 6. The number of thioether (sulfide) groups is 1. The van der Waals surface area contributed by atoms with Crippen LogP contribution in [0.3, 0.4) is 0 Å². The molecule has 2 saturated carbocycles. The lowest BCUT2D eigenvalue weighted by molar-refractivity contribution is -0.143. The van der Waals surface area contributed by atoms with Gasteiger partial charge in [0.15, 0.2) is 5.17 Å². The van der Waals surface area contributed by atoms with Gasteiger partial charge in [-0.1, -0.05) is 50.3 Å². The Morgan fingerprint density at radius 3 is 1.97 bits per heavy atom. The third-order valence-corrected chi connectivity index (χ3v) is 8.27. The second kappa shape index (κ2) is 12.5. The van der Waals surface area contributed by atoms with Crippen molar-refractivity contribution in [2.45, 2.75) is 101 Å². The van der Waals surface area contributed by atoms with Crippen LogP contribution in [0.4, 0.5) is 32.0 Å². The molecule has 1 saturated heterocycles. The third kappa shape index (κ3) is 7.94. The normalized spacial score (nSPS) is 23.2. The SMILES string of the molecule is Cl.O=C(CC1CSC(=NC2CCCCC2)N1C1CCCCC1)Nc1cc(C(F)(F)F)cc(C(F)(F)F)c1. The Kier molecular flexibility index (Phi) is 10.1. The highest BCUT2D eigenvalue weighted by Gasteiger charge is 2.39. The average molecular weight is 572 g/mol. The van der Waals surface area contributed by atoms with E-state index in [2.05, 4.69) is 10.2 Å². The third-order valence-electron chi connectivity index (χ3n) is 7.15. The topological polar surface area (TPSA) is 44.7 Å². The first-order valence-electron chi connectivity index (χ1n) is 12.6. The van der Waals surface area contributed by atoms with Gasteiger partial charge < -0.3 is 10.2 Å². The molecule has 12 heteroatoms. The fraction of sp³-hybridized carbons (Fsp3) is 0.680. The minimum atomic E-state index is -4.97. The van der Waals surface area contributed by atoms with Gasteiger partial charge in [0.2, 0.25) is 5.91 Å². The van der Waals surface area contributed by atoms with Crippen molar-refractivity contribution < 1.29 is 31.1 Å². The lowest BCUT2D eigenvalue weighted by Crippen LogP contribution is -2.45. The molecular formula is C25H32ClF6N3OS. The van der Waals surface area contributed by atoms with Crippen molar-refractivity contribution in [2.75, 3.05) is 11.1 Å². The number of nitrogens with zero attached hydrogens (tertiary/aromatic N) is 2. The highest BCUT2D eigenvalue weighted by Crippen LogP contribution is 2.38. The first-order valence-corrected chi connectivity index (χ1v) is 13.6. The summed E-state index contributed by atoms with van der Waals surface area (Å²) in [6.07, 6.45) is 0.977. The Morgan fingerprint density at radius 2 is 1.43 bits per heavy atom. The van der Waals surface area contributed by atoms with Crippen LogP contribution < -0.4 is 5.32 Å². The van der Waals surface area contributed by atoms with Crippen LogP contribution in [0.15, 0.2) is 23.2 Å². The van der Waals surface area contributed by atoms with E-state index in [0.717, 1.165) is 63.0 Å². The van der Waals surface area contributed by atoms with Gasteiger partial charge in [-0.3, -0.25) is 9.79 Å². The van der Waals surface area contributed by atoms with E-state index in [1.807, 2.05) is 0 Å². The number of hydrogen-bond acceptors (Lipinski definition) is 3. The van der Waals surface area contributed by atoms with E-state index in [1.165, 1.54) is 6.42 Å². The number of rotatable bonds is 5. The van der Waals surface area contributed by atoms with Crippen molar-refractivity contribution in [1.29, 1.82) is 0 Å². The first-order chi connectivity index (χ1) is 17.0. The minimum Gasteiger partial charge on any atom is -0.344 e. The predicted molar refractivity (Wildman–Crippen MR) is 136 cm³/mol. The summed E-state index contributed by atoms with van der Waals surface area (Å²) in [5, 5.41) is 3.23. The maximum atomic E-state index is 13.2. The number of carbonyl (C=O) groups excluding carboxylic acids is 1. The van der Waals surface area contributed by atoms with Crippen molar-refractivity contribution in [3.05, 3.63) is 29.3 Å². The maximum absolute atomic E-state index is 13.2. The molecule has 0 radical (unpaired) electrons. The summed E-state index contributed by atoms with van der Waals surface area (Å²) in [6.45, 7) is 0. The lowest BCUT2D eigenvalue weighted by atomic mass is 9.93. The number of amides is 1. The summed E-state index contributed by atoms with van der Waals surface area (Å²) in [5.74, 6) is 0.0130. The Balaban J connectivity index is 0.00000380. The van der Waals surface area contributed by atoms with Crippen molar-refractivity contribution in [2.24, 2.45) is 4.99 Å². The number of nitrogens with one attached hydrogen (secondary N) is 1. The van der Waals surface area contributed by atoms with Crippen molar-refractivity contribution in [1.82, 2.24) is 4.90 Å². The molecule has 3 aliphatic rings. The number of halogens is 7. The number of hydrogen-bond donors (Lipinski definition) is 1. The Hall–Kier alpha value is -1.62.